The SMILES string of the molecule is Cc1cc2nc3s/c(=C4\C(=O)N(CC(=O)[O-])c5ccccc54)c(=O)n3c2cc1C. The highest BCUT2D eigenvalue weighted by molar-refractivity contribution is 7.15. The van der Waals surface area contributed by atoms with E-state index in [1.54, 1.807) is 24.3 Å². The second-order valence-electron chi connectivity index (χ2n) is 7.05. The monoisotopic (exact) mass is 404 g/mol. The Morgan fingerprint density at radius 1 is 1.14 bits per heavy atom. The molecule has 3 heterocycles. The lowest BCUT2D eigenvalue weighted by Crippen LogP contribution is -2.40. The zero-order valence-corrected chi connectivity index (χ0v) is 16.4. The van der Waals surface area contributed by atoms with Crippen molar-refractivity contribution in [2.24, 2.45) is 0 Å². The van der Waals surface area contributed by atoms with Gasteiger partial charge in [0.1, 0.15) is 4.53 Å². The van der Waals surface area contributed by atoms with Crippen molar-refractivity contribution >= 4 is 50.5 Å². The fourth-order valence-electron chi connectivity index (χ4n) is 3.76. The van der Waals surface area contributed by atoms with Crippen LogP contribution >= 0.6 is 11.3 Å². The molecule has 8 heteroatoms. The lowest BCUT2D eigenvalue weighted by molar-refractivity contribution is -0.303. The van der Waals surface area contributed by atoms with Crippen LogP contribution in [0.5, 0.6) is 0 Å². The highest BCUT2D eigenvalue weighted by Gasteiger charge is 2.34. The number of aliphatic carboxylic acids is 1. The number of rotatable bonds is 2. The Morgan fingerprint density at radius 2 is 1.86 bits per heavy atom. The molecule has 4 aromatic rings. The van der Waals surface area contributed by atoms with E-state index in [9.17, 15) is 19.5 Å². The molecule has 0 saturated heterocycles. The van der Waals surface area contributed by atoms with Crippen molar-refractivity contribution in [2.75, 3.05) is 11.4 Å². The fraction of sp³-hybridized carbons (Fsp3) is 0.143. The zero-order chi connectivity index (χ0) is 20.4. The maximum atomic E-state index is 13.3. The number of nitrogens with zero attached hydrogens (tertiary/aromatic N) is 3. The van der Waals surface area contributed by atoms with Crippen LogP contribution < -0.4 is 20.1 Å². The van der Waals surface area contributed by atoms with Crippen LogP contribution in [0.4, 0.5) is 5.69 Å². The second kappa shape index (κ2) is 5.99. The predicted octanol–water partition coefficient (Wildman–Crippen LogP) is 0.540. The minimum absolute atomic E-state index is 0.208. The van der Waals surface area contributed by atoms with E-state index in [1.165, 1.54) is 4.40 Å². The van der Waals surface area contributed by atoms with Crippen molar-refractivity contribution in [3.63, 3.8) is 0 Å². The van der Waals surface area contributed by atoms with Gasteiger partial charge < -0.3 is 14.8 Å². The van der Waals surface area contributed by atoms with Gasteiger partial charge in [0.15, 0.2) is 4.96 Å². The number of fused-ring (bicyclic) bond motifs is 4. The van der Waals surface area contributed by atoms with E-state index in [-0.39, 0.29) is 15.7 Å². The fourth-order valence-corrected chi connectivity index (χ4v) is 4.83. The van der Waals surface area contributed by atoms with Crippen molar-refractivity contribution < 1.29 is 14.7 Å². The molecule has 0 saturated carbocycles. The first kappa shape index (κ1) is 17.6. The lowest BCUT2D eigenvalue weighted by atomic mass is 10.1. The third-order valence-corrected chi connectivity index (χ3v) is 6.31. The number of para-hydroxylation sites is 1. The van der Waals surface area contributed by atoms with E-state index in [0.29, 0.717) is 21.7 Å². The molecule has 0 spiro atoms. The van der Waals surface area contributed by atoms with Crippen LogP contribution in [-0.2, 0) is 9.59 Å². The predicted molar refractivity (Wildman–Crippen MR) is 108 cm³/mol. The third kappa shape index (κ3) is 2.42. The maximum absolute atomic E-state index is 13.3. The smallest absolute Gasteiger partial charge is 0.275 e. The Morgan fingerprint density at radius 3 is 2.62 bits per heavy atom. The summed E-state index contributed by atoms with van der Waals surface area (Å²) in [5.41, 5.74) is 4.43. The van der Waals surface area contributed by atoms with Gasteiger partial charge >= 0.3 is 0 Å². The number of amides is 1. The van der Waals surface area contributed by atoms with Crippen molar-refractivity contribution in [3.8, 4) is 0 Å². The maximum Gasteiger partial charge on any atom is 0.275 e. The molecule has 144 valence electrons. The van der Waals surface area contributed by atoms with Crippen LogP contribution in [0.25, 0.3) is 21.6 Å². The normalized spacial score (nSPS) is 15.5. The van der Waals surface area contributed by atoms with Crippen molar-refractivity contribution in [1.82, 2.24) is 9.38 Å². The van der Waals surface area contributed by atoms with E-state index >= 15 is 0 Å². The number of thiazole rings is 1. The minimum atomic E-state index is -1.37. The highest BCUT2D eigenvalue weighted by atomic mass is 32.1. The van der Waals surface area contributed by atoms with Gasteiger partial charge in [-0.2, -0.15) is 0 Å². The highest BCUT2D eigenvalue weighted by Crippen LogP contribution is 2.35. The number of anilines is 1. The summed E-state index contributed by atoms with van der Waals surface area (Å²) >= 11 is 1.14. The van der Waals surface area contributed by atoms with Crippen molar-refractivity contribution in [3.05, 3.63) is 68.0 Å². The van der Waals surface area contributed by atoms with Gasteiger partial charge in [-0.1, -0.05) is 29.5 Å². The first-order chi connectivity index (χ1) is 13.9. The van der Waals surface area contributed by atoms with Crippen LogP contribution in [0.1, 0.15) is 16.7 Å². The Hall–Kier alpha value is -3.52. The molecule has 1 aliphatic rings. The number of carboxylic acids is 1. The number of hydrogen-bond acceptors (Lipinski definition) is 6. The molecule has 0 unspecified atom stereocenters. The lowest BCUT2D eigenvalue weighted by Gasteiger charge is -2.17. The standard InChI is InChI=1S/C21H15N3O4S/c1-10-7-13-15(8-11(10)2)24-20(28)18(29-21(24)22-13)17-12-5-3-4-6-14(12)23(19(17)27)9-16(25)26/h3-8H,9H2,1-2H3,(H,25,26)/p-1/b18-17-. The topological polar surface area (TPSA) is 94.8 Å². The molecular weight excluding hydrogens is 390 g/mol. The van der Waals surface area contributed by atoms with Crippen LogP contribution in [0, 0.1) is 13.8 Å². The zero-order valence-electron chi connectivity index (χ0n) is 15.6. The number of hydrogen-bond donors (Lipinski definition) is 0. The van der Waals surface area contributed by atoms with Gasteiger partial charge in [0.2, 0.25) is 0 Å². The summed E-state index contributed by atoms with van der Waals surface area (Å²) in [6.07, 6.45) is 0. The number of aromatic nitrogens is 2. The molecule has 1 aliphatic heterocycles. The van der Waals surface area contributed by atoms with Crippen LogP contribution in [0.3, 0.4) is 0 Å². The van der Waals surface area contributed by atoms with Crippen molar-refractivity contribution in [2.45, 2.75) is 13.8 Å². The third-order valence-electron chi connectivity index (χ3n) is 5.27. The number of imidazole rings is 1. The molecule has 0 fully saturated rings. The Kier molecular flexibility index (Phi) is 3.63. The summed E-state index contributed by atoms with van der Waals surface area (Å²) in [5.74, 6) is -1.89. The molecule has 0 N–H and O–H groups in total. The molecule has 0 aliphatic carbocycles. The minimum Gasteiger partial charge on any atom is -0.548 e. The van der Waals surface area contributed by atoms with E-state index in [4.69, 9.17) is 0 Å². The van der Waals surface area contributed by atoms with E-state index in [2.05, 4.69) is 4.98 Å². The summed E-state index contributed by atoms with van der Waals surface area (Å²) in [5, 5.41) is 11.1. The molecular formula is C21H14N3O4S-. The van der Waals surface area contributed by atoms with Gasteiger partial charge in [-0.05, 0) is 43.2 Å². The van der Waals surface area contributed by atoms with Gasteiger partial charge in [0.05, 0.1) is 34.8 Å². The average Bonchev–Trinajstić information content (AvgIpc) is 3.26. The average molecular weight is 404 g/mol. The molecule has 0 bridgehead atoms. The molecule has 0 radical (unpaired) electrons. The van der Waals surface area contributed by atoms with E-state index in [1.807, 2.05) is 26.0 Å². The number of benzene rings is 2. The largest absolute Gasteiger partial charge is 0.548 e. The molecule has 0 atom stereocenters. The number of carboxylic acid groups (broad SMARTS) is 1. The summed E-state index contributed by atoms with van der Waals surface area (Å²) < 4.78 is 1.78. The summed E-state index contributed by atoms with van der Waals surface area (Å²) in [4.78, 5) is 43.7. The first-order valence-corrected chi connectivity index (χ1v) is 9.76. The van der Waals surface area contributed by atoms with E-state index < -0.39 is 18.4 Å². The molecule has 7 nitrogen and oxygen atoms in total. The second-order valence-corrected chi connectivity index (χ2v) is 8.02. The van der Waals surface area contributed by atoms with Crippen LogP contribution in [0.15, 0.2) is 41.2 Å². The van der Waals surface area contributed by atoms with Crippen LogP contribution in [-0.4, -0.2) is 27.8 Å². The van der Waals surface area contributed by atoms with Gasteiger partial charge in [-0.3, -0.25) is 9.59 Å². The first-order valence-electron chi connectivity index (χ1n) is 8.94. The van der Waals surface area contributed by atoms with Gasteiger partial charge in [-0.15, -0.1) is 0 Å². The number of aryl methyl sites for hydroxylation is 2. The molecule has 2 aromatic heterocycles. The van der Waals surface area contributed by atoms with E-state index in [0.717, 1.165) is 32.9 Å². The molecule has 2 aromatic carbocycles. The molecule has 29 heavy (non-hydrogen) atoms. The van der Waals surface area contributed by atoms with Gasteiger partial charge in [0, 0.05) is 5.56 Å². The van der Waals surface area contributed by atoms with Gasteiger partial charge in [-0.25, -0.2) is 9.38 Å². The Balaban J connectivity index is 1.86. The summed E-state index contributed by atoms with van der Waals surface area (Å²) in [7, 11) is 0. The molecule has 1 amide bonds. The molecule has 5 rings (SSSR count). The quantitative estimate of drug-likeness (QED) is 0.486. The number of carbonyl (C=O) groups is 2. The van der Waals surface area contributed by atoms with Crippen molar-refractivity contribution in [1.29, 1.82) is 0 Å². The van der Waals surface area contributed by atoms with Crippen LogP contribution in [0.2, 0.25) is 0 Å². The number of carbonyl (C=O) groups excluding carboxylic acids is 2. The summed E-state index contributed by atoms with van der Waals surface area (Å²) in [6.45, 7) is 3.38. The van der Waals surface area contributed by atoms with Gasteiger partial charge in [0.25, 0.3) is 11.5 Å². The Labute approximate surface area is 168 Å². The Bertz CT molecular complexity index is 1480. The summed E-state index contributed by atoms with van der Waals surface area (Å²) in [6, 6.07) is 10.7.